The number of carbonyl (C=O) groups is 5. The molecule has 0 radical (unpaired) electrons. The second-order valence-corrected chi connectivity index (χ2v) is 47.0. The Morgan fingerprint density at radius 1 is 0.259 bits per heavy atom. The molecule has 0 N–H and O–H groups in total. The van der Waals surface area contributed by atoms with Crippen molar-refractivity contribution in [1.29, 1.82) is 0 Å². The molecular weight excluding hydrogens is 1810 g/mol. The van der Waals surface area contributed by atoms with Crippen LogP contribution in [0.2, 0.25) is 0 Å². The van der Waals surface area contributed by atoms with Gasteiger partial charge in [-0.25, -0.2) is 24.0 Å². The summed E-state index contributed by atoms with van der Waals surface area (Å²) in [6, 6.07) is 102. The molecule has 139 heavy (non-hydrogen) atoms. The van der Waals surface area contributed by atoms with Gasteiger partial charge in [-0.05, 0) is 357 Å². The lowest BCUT2D eigenvalue weighted by atomic mass is 9.50. The highest BCUT2D eigenvalue weighted by molar-refractivity contribution is 7.98. The first-order valence-corrected chi connectivity index (χ1v) is 54.5. The van der Waals surface area contributed by atoms with Crippen LogP contribution in [-0.4, -0.2) is 85.3 Å². The van der Waals surface area contributed by atoms with Crippen molar-refractivity contribution in [3.05, 3.63) is 336 Å². The minimum absolute atomic E-state index is 0.0497. The summed E-state index contributed by atoms with van der Waals surface area (Å²) in [6.45, 7) is 23.8. The van der Waals surface area contributed by atoms with Crippen LogP contribution >= 0.6 is 0 Å². The van der Waals surface area contributed by atoms with Crippen molar-refractivity contribution in [3.8, 4) is 23.0 Å². The summed E-state index contributed by atoms with van der Waals surface area (Å²) in [4.78, 5) is 77.8. The zero-order valence-corrected chi connectivity index (χ0v) is 86.1. The molecule has 0 aromatic heterocycles. The van der Waals surface area contributed by atoms with Gasteiger partial charge in [-0.3, -0.25) is 0 Å². The maximum atomic E-state index is 12.7. The fourth-order valence-electron chi connectivity index (χ4n) is 21.4. The van der Waals surface area contributed by atoms with Crippen molar-refractivity contribution in [2.75, 3.05) is 33.0 Å². The highest BCUT2D eigenvalue weighted by Gasteiger charge is 2.57. The Hall–Kier alpha value is -11.4. The number of ether oxygens (including phenoxy) is 9. The number of hydrogen-bond acceptors (Lipinski definition) is 14. The highest BCUT2D eigenvalue weighted by Crippen LogP contribution is 2.60. The molecule has 0 atom stereocenters. The van der Waals surface area contributed by atoms with Gasteiger partial charge in [-0.15, -0.1) is 0 Å². The average molecular weight is 1940 g/mol. The summed E-state index contributed by atoms with van der Waals surface area (Å²) in [5, 5.41) is 0. The quantitative estimate of drug-likeness (QED) is 0.0229. The molecule has 0 spiro atoms. The lowest BCUT2D eigenvalue weighted by Gasteiger charge is -2.59. The predicted molar refractivity (Wildman–Crippen MR) is 556 cm³/mol. The largest absolute Gasteiger partial charge is 0.481 e. The fraction of sp³-hybridized carbons (Fsp3) is 0.364. The molecule has 12 aromatic carbocycles. The summed E-state index contributed by atoms with van der Waals surface area (Å²) < 4.78 is 52.6. The lowest BCUT2D eigenvalue weighted by Crippen LogP contribution is -2.58. The minimum atomic E-state index is -0.576. The third-order valence-corrected chi connectivity index (χ3v) is 36.9. The summed E-state index contributed by atoms with van der Waals surface area (Å²) in [5.74, 6) is 3.56. The standard InChI is InChI=1S/C35H39O5S.2C29H33O3S.C28H31O3S/c1-23-14-31(41(29-10-6-4-7-11-29)30-12-8-5-9-13-30)15-24(2)34(23)39-21-32(36)38-22-33(37)40-35(3)27-17-25-16-26(19-27)20-28(35)18-25;1-22-19-26(33(24-13-7-4-8-14-24)25-15-9-5-10-16-25)20-23(2)28(22)31-21-27(30)32-29(3)17-11-6-12-18-29;1-4-29(17-11-12-18-29)32-27(30)21-31-28-22(2)19-26(20-23(28)3)33(24-13-7-5-8-14-24)25-15-9-6-10-16-25;1-21-18-25(32(23-12-6-4-7-13-23)24-14-8-5-9-15-24)19-22(2)27(21)30-20-26(29)31-28(3)16-10-11-17-28/h4-15,25-28H,16-22H2,1-3H3;4-5,7-10,13-16,19-20H,6,11-12,17-18,21H2,1-3H3;5-10,13-16,19-20H,4,11-12,17-18,21H2,1-3H3;4-9,12-15,18-19H,10-11,16-17,20H2,1-3H3/q4*+1. The van der Waals surface area contributed by atoms with Gasteiger partial charge in [0.05, 0.1) is 43.6 Å². The first-order chi connectivity index (χ1) is 67.2. The van der Waals surface area contributed by atoms with Gasteiger partial charge in [0.1, 0.15) is 45.4 Å². The van der Waals surface area contributed by atoms with Crippen molar-refractivity contribution in [3.63, 3.8) is 0 Å². The fourth-order valence-corrected chi connectivity index (χ4v) is 30.5. The van der Waals surface area contributed by atoms with Crippen molar-refractivity contribution < 1.29 is 66.6 Å². The molecule has 7 aliphatic carbocycles. The number of aryl methyl sites for hydroxylation is 8. The normalized spacial score (nSPS) is 18.3. The van der Waals surface area contributed by atoms with Crippen molar-refractivity contribution in [2.24, 2.45) is 23.7 Å². The number of esters is 5. The molecule has 0 aliphatic heterocycles. The van der Waals surface area contributed by atoms with E-state index in [9.17, 15) is 24.0 Å². The number of rotatable bonds is 31. The predicted octanol–water partition coefficient (Wildman–Crippen LogP) is 27.8. The Balaban J connectivity index is 0.000000141. The molecule has 4 bridgehead atoms. The molecule has 0 unspecified atom stereocenters. The Morgan fingerprint density at radius 2 is 0.475 bits per heavy atom. The maximum Gasteiger partial charge on any atom is 0.344 e. The van der Waals surface area contributed by atoms with Crippen LogP contribution in [0.1, 0.15) is 194 Å². The first-order valence-electron chi connectivity index (χ1n) is 49.6. The summed E-state index contributed by atoms with van der Waals surface area (Å²) in [6.07, 6.45) is 20.5. The molecule has 724 valence electrons. The van der Waals surface area contributed by atoms with Crippen molar-refractivity contribution in [2.45, 2.75) is 286 Å². The summed E-state index contributed by atoms with van der Waals surface area (Å²) in [5.41, 5.74) is 6.72. The molecule has 7 saturated carbocycles. The second kappa shape index (κ2) is 47.7. The van der Waals surface area contributed by atoms with Crippen LogP contribution < -0.4 is 18.9 Å². The van der Waals surface area contributed by atoms with Gasteiger partial charge in [-0.1, -0.05) is 159 Å². The van der Waals surface area contributed by atoms with E-state index in [1.807, 2.05) is 53.7 Å². The van der Waals surface area contributed by atoms with E-state index in [-0.39, 0.29) is 111 Å². The Labute approximate surface area is 835 Å². The number of hydrogen-bond donors (Lipinski definition) is 0. The van der Waals surface area contributed by atoms with Gasteiger partial charge in [0, 0.05) is 48.5 Å². The maximum absolute atomic E-state index is 12.7. The molecule has 0 saturated heterocycles. The Morgan fingerprint density at radius 3 is 0.719 bits per heavy atom. The van der Waals surface area contributed by atoms with Gasteiger partial charge in [0.15, 0.2) is 91.8 Å². The van der Waals surface area contributed by atoms with Crippen LogP contribution in [-0.2, 0) is 91.2 Å². The van der Waals surface area contributed by atoms with Gasteiger partial charge < -0.3 is 42.6 Å². The minimum Gasteiger partial charge on any atom is -0.481 e. The van der Waals surface area contributed by atoms with E-state index in [1.165, 1.54) is 71.6 Å². The molecule has 19 rings (SSSR count). The zero-order chi connectivity index (χ0) is 97.6. The Bertz CT molecular complexity index is 5810. The van der Waals surface area contributed by atoms with E-state index < -0.39 is 17.5 Å². The molecule has 7 aliphatic rings. The molecule has 7 fully saturated rings. The molecule has 0 heterocycles. The van der Waals surface area contributed by atoms with Crippen molar-refractivity contribution in [1.82, 2.24) is 0 Å². The molecular formula is C121H136O14S4+4. The molecule has 14 nitrogen and oxygen atoms in total. The van der Waals surface area contributed by atoms with E-state index >= 15 is 0 Å². The first kappa shape index (κ1) is 102. The molecule has 12 aromatic rings. The number of carbonyl (C=O) groups excluding carboxylic acids is 5. The van der Waals surface area contributed by atoms with Gasteiger partial charge in [0.25, 0.3) is 0 Å². The van der Waals surface area contributed by atoms with E-state index in [4.69, 9.17) is 42.6 Å². The van der Waals surface area contributed by atoms with Gasteiger partial charge in [-0.2, -0.15) is 0 Å². The summed E-state index contributed by atoms with van der Waals surface area (Å²) in [7, 11) is -0.912. The average Bonchev–Trinajstić information content (AvgIpc) is 1.01. The van der Waals surface area contributed by atoms with E-state index in [0.29, 0.717) is 17.6 Å². The van der Waals surface area contributed by atoms with Crippen LogP contribution in [0.4, 0.5) is 0 Å². The van der Waals surface area contributed by atoms with Crippen LogP contribution in [0.3, 0.4) is 0 Å². The topological polar surface area (TPSA) is 168 Å². The smallest absolute Gasteiger partial charge is 0.344 e. The van der Waals surface area contributed by atoms with Gasteiger partial charge >= 0.3 is 29.8 Å². The molecule has 18 heteroatoms. The summed E-state index contributed by atoms with van der Waals surface area (Å²) >= 11 is 0. The third-order valence-electron chi connectivity index (χ3n) is 28.1. The van der Waals surface area contributed by atoms with Crippen LogP contribution in [0.15, 0.2) is 350 Å². The van der Waals surface area contributed by atoms with Crippen molar-refractivity contribution >= 4 is 73.4 Å². The third kappa shape index (κ3) is 26.4. The highest BCUT2D eigenvalue weighted by atomic mass is 32.2. The second-order valence-electron chi connectivity index (χ2n) is 38.9. The van der Waals surface area contributed by atoms with E-state index in [0.717, 1.165) is 183 Å². The SMILES string of the molecule is CCC1(OC(=O)COc2c(C)cc([S+](c3ccccc3)c3ccccc3)cc2C)CCCC1.Cc1cc([S+](c2ccccc2)c2ccccc2)cc(C)c1OCC(=O)OC1(C)CCCC1.Cc1cc([S+](c2ccccc2)c2ccccc2)cc(C)c1OCC(=O)OC1(C)CCCCC1.Cc1cc([S+](c2ccccc2)c2ccccc2)cc(C)c1OCC(=O)OCC(=O)OC1(C)C2CC3CC(C2)CC1C3. The van der Waals surface area contributed by atoms with E-state index in [1.54, 1.807) is 0 Å². The number of benzene rings is 12. The van der Waals surface area contributed by atoms with Crippen LogP contribution in [0, 0.1) is 79.1 Å². The Kier molecular flexibility index (Phi) is 35.0. The van der Waals surface area contributed by atoms with Crippen LogP contribution in [0.25, 0.3) is 0 Å². The lowest BCUT2D eigenvalue weighted by molar-refractivity contribution is -0.207. The monoisotopic (exact) mass is 1940 g/mol. The zero-order valence-electron chi connectivity index (χ0n) is 82.8. The van der Waals surface area contributed by atoms with Gasteiger partial charge in [0.2, 0.25) is 0 Å². The van der Waals surface area contributed by atoms with Crippen LogP contribution in [0.5, 0.6) is 23.0 Å². The van der Waals surface area contributed by atoms with E-state index in [2.05, 4.69) is 321 Å². The molecule has 0 amide bonds.